The molecule has 2 aromatic heterocycles. The highest BCUT2D eigenvalue weighted by Gasteiger charge is 2.27. The summed E-state index contributed by atoms with van der Waals surface area (Å²) in [7, 11) is 0. The predicted octanol–water partition coefficient (Wildman–Crippen LogP) is 1.73. The zero-order valence-electron chi connectivity index (χ0n) is 17.9. The summed E-state index contributed by atoms with van der Waals surface area (Å²) in [4.78, 5) is 42.0. The van der Waals surface area contributed by atoms with Gasteiger partial charge in [-0.05, 0) is 57.7 Å². The first-order valence-electron chi connectivity index (χ1n) is 10.9. The highest BCUT2D eigenvalue weighted by atomic mass is 16.5. The average Bonchev–Trinajstić information content (AvgIpc) is 3.41. The Morgan fingerprint density at radius 1 is 1.19 bits per heavy atom. The minimum atomic E-state index is -0.413. The van der Waals surface area contributed by atoms with E-state index in [1.807, 2.05) is 4.90 Å². The minimum Gasteiger partial charge on any atom is -0.360 e. The molecular formula is C22H29N5O4. The molecule has 2 saturated heterocycles. The van der Waals surface area contributed by atoms with E-state index in [2.05, 4.69) is 15.4 Å². The monoisotopic (exact) mass is 427 g/mol. The van der Waals surface area contributed by atoms with E-state index in [1.165, 1.54) is 29.7 Å². The van der Waals surface area contributed by atoms with Crippen LogP contribution in [0.2, 0.25) is 0 Å². The number of aromatic nitrogens is 2. The largest absolute Gasteiger partial charge is 0.360 e. The van der Waals surface area contributed by atoms with Crippen LogP contribution in [0.25, 0.3) is 0 Å². The highest BCUT2D eigenvalue weighted by Crippen LogP contribution is 2.21. The van der Waals surface area contributed by atoms with Gasteiger partial charge in [0.1, 0.15) is 12.3 Å². The van der Waals surface area contributed by atoms with Gasteiger partial charge in [-0.15, -0.1) is 0 Å². The number of piperidine rings is 1. The SMILES string of the molecule is Cc1cc(NC(=O)Cn2cc(C(=O)N3CCCC(CN4CCCC4)C3)ccc2=O)no1. The molecule has 2 aromatic rings. The van der Waals surface area contributed by atoms with Crippen molar-refractivity contribution in [2.24, 2.45) is 5.92 Å². The third-order valence-corrected chi connectivity index (χ3v) is 5.96. The lowest BCUT2D eigenvalue weighted by Gasteiger charge is -2.34. The maximum atomic E-state index is 13.1. The van der Waals surface area contributed by atoms with Gasteiger partial charge in [0, 0.05) is 38.0 Å². The van der Waals surface area contributed by atoms with Crippen LogP contribution < -0.4 is 10.9 Å². The summed E-state index contributed by atoms with van der Waals surface area (Å²) < 4.78 is 6.17. The molecule has 1 atom stereocenters. The molecule has 9 nitrogen and oxygen atoms in total. The summed E-state index contributed by atoms with van der Waals surface area (Å²) in [5.41, 5.74) is 0.0834. The Labute approximate surface area is 181 Å². The highest BCUT2D eigenvalue weighted by molar-refractivity contribution is 5.94. The lowest BCUT2D eigenvalue weighted by molar-refractivity contribution is -0.116. The number of carbonyl (C=O) groups excluding carboxylic acids is 2. The van der Waals surface area contributed by atoms with Crippen LogP contribution in [-0.2, 0) is 11.3 Å². The smallest absolute Gasteiger partial charge is 0.255 e. The topological polar surface area (TPSA) is 101 Å². The molecule has 1 N–H and O–H groups in total. The van der Waals surface area contributed by atoms with Gasteiger partial charge in [0.15, 0.2) is 5.82 Å². The number of anilines is 1. The lowest BCUT2D eigenvalue weighted by Crippen LogP contribution is -2.43. The molecule has 4 heterocycles. The number of likely N-dealkylation sites (tertiary alicyclic amines) is 2. The molecule has 9 heteroatoms. The Morgan fingerprint density at radius 2 is 2.00 bits per heavy atom. The number of carbonyl (C=O) groups is 2. The first-order chi connectivity index (χ1) is 15.0. The van der Waals surface area contributed by atoms with Crippen molar-refractivity contribution in [3.05, 3.63) is 46.1 Å². The van der Waals surface area contributed by atoms with Gasteiger partial charge in [0.2, 0.25) is 5.91 Å². The Morgan fingerprint density at radius 3 is 2.74 bits per heavy atom. The maximum absolute atomic E-state index is 13.1. The Hall–Kier alpha value is -2.94. The quantitative estimate of drug-likeness (QED) is 0.754. The van der Waals surface area contributed by atoms with Gasteiger partial charge in [0.25, 0.3) is 11.5 Å². The molecule has 166 valence electrons. The number of hydrogen-bond donors (Lipinski definition) is 1. The van der Waals surface area contributed by atoms with Gasteiger partial charge in [-0.3, -0.25) is 14.4 Å². The van der Waals surface area contributed by atoms with Crippen LogP contribution in [0.1, 0.15) is 41.8 Å². The molecule has 1 unspecified atom stereocenters. The summed E-state index contributed by atoms with van der Waals surface area (Å²) in [6.45, 7) is 6.34. The number of rotatable bonds is 6. The molecule has 0 aromatic carbocycles. The van der Waals surface area contributed by atoms with Gasteiger partial charge in [-0.25, -0.2) is 0 Å². The summed E-state index contributed by atoms with van der Waals surface area (Å²) in [5, 5.41) is 6.30. The zero-order chi connectivity index (χ0) is 21.8. The van der Waals surface area contributed by atoms with E-state index in [0.29, 0.717) is 23.1 Å². The van der Waals surface area contributed by atoms with Crippen molar-refractivity contribution in [1.82, 2.24) is 19.5 Å². The molecule has 2 fully saturated rings. The Kier molecular flexibility index (Phi) is 6.50. The van der Waals surface area contributed by atoms with E-state index in [-0.39, 0.29) is 18.0 Å². The van der Waals surface area contributed by atoms with Gasteiger partial charge in [-0.1, -0.05) is 5.16 Å². The minimum absolute atomic E-state index is 0.0904. The molecule has 31 heavy (non-hydrogen) atoms. The first kappa shape index (κ1) is 21.3. The number of pyridine rings is 1. The summed E-state index contributed by atoms with van der Waals surface area (Å²) >= 11 is 0. The third-order valence-electron chi connectivity index (χ3n) is 5.96. The lowest BCUT2D eigenvalue weighted by atomic mass is 9.97. The molecule has 0 radical (unpaired) electrons. The molecule has 0 aliphatic carbocycles. The van der Waals surface area contributed by atoms with Crippen LogP contribution in [0.3, 0.4) is 0 Å². The van der Waals surface area contributed by atoms with E-state index in [9.17, 15) is 14.4 Å². The molecular weight excluding hydrogens is 398 g/mol. The number of hydrogen-bond acceptors (Lipinski definition) is 6. The number of amides is 2. The van der Waals surface area contributed by atoms with Crippen molar-refractivity contribution in [2.45, 2.75) is 39.2 Å². The van der Waals surface area contributed by atoms with E-state index >= 15 is 0 Å². The van der Waals surface area contributed by atoms with Gasteiger partial charge in [0.05, 0.1) is 5.56 Å². The van der Waals surface area contributed by atoms with Crippen molar-refractivity contribution in [2.75, 3.05) is 38.0 Å². The maximum Gasteiger partial charge on any atom is 0.255 e. The Bertz CT molecular complexity index is 992. The first-order valence-corrected chi connectivity index (χ1v) is 10.9. The van der Waals surface area contributed by atoms with Crippen molar-refractivity contribution >= 4 is 17.6 Å². The summed E-state index contributed by atoms with van der Waals surface area (Å²) in [6.07, 6.45) is 6.13. The van der Waals surface area contributed by atoms with Crippen LogP contribution in [0, 0.1) is 12.8 Å². The number of nitrogens with zero attached hydrogens (tertiary/aromatic N) is 4. The summed E-state index contributed by atoms with van der Waals surface area (Å²) in [5.74, 6) is 0.847. The summed E-state index contributed by atoms with van der Waals surface area (Å²) in [6, 6.07) is 4.48. The number of nitrogens with one attached hydrogen (secondary N) is 1. The van der Waals surface area contributed by atoms with Crippen LogP contribution >= 0.6 is 0 Å². The second-order valence-corrected chi connectivity index (χ2v) is 8.52. The van der Waals surface area contributed by atoms with Crippen molar-refractivity contribution in [3.63, 3.8) is 0 Å². The fourth-order valence-corrected chi connectivity index (χ4v) is 4.46. The van der Waals surface area contributed by atoms with Crippen molar-refractivity contribution in [3.8, 4) is 0 Å². The fourth-order valence-electron chi connectivity index (χ4n) is 4.46. The Balaban J connectivity index is 1.39. The van der Waals surface area contributed by atoms with Crippen LogP contribution in [0.15, 0.2) is 33.7 Å². The molecule has 2 amide bonds. The fraction of sp³-hybridized carbons (Fsp3) is 0.545. The molecule has 0 saturated carbocycles. The second kappa shape index (κ2) is 9.47. The van der Waals surface area contributed by atoms with E-state index in [0.717, 1.165) is 45.6 Å². The molecule has 4 rings (SSSR count). The van der Waals surface area contributed by atoms with Crippen molar-refractivity contribution < 1.29 is 14.1 Å². The number of aryl methyl sites for hydroxylation is 1. The van der Waals surface area contributed by atoms with E-state index in [1.54, 1.807) is 19.1 Å². The van der Waals surface area contributed by atoms with Crippen LogP contribution in [0.4, 0.5) is 5.82 Å². The molecule has 2 aliphatic heterocycles. The zero-order valence-corrected chi connectivity index (χ0v) is 17.9. The molecule has 2 aliphatic rings. The molecule has 0 bridgehead atoms. The predicted molar refractivity (Wildman–Crippen MR) is 115 cm³/mol. The third kappa shape index (κ3) is 5.41. The van der Waals surface area contributed by atoms with Gasteiger partial charge in [-0.2, -0.15) is 0 Å². The average molecular weight is 428 g/mol. The van der Waals surface area contributed by atoms with Crippen molar-refractivity contribution in [1.29, 1.82) is 0 Å². The van der Waals surface area contributed by atoms with Crippen LogP contribution in [0.5, 0.6) is 0 Å². The van der Waals surface area contributed by atoms with E-state index < -0.39 is 5.91 Å². The van der Waals surface area contributed by atoms with Gasteiger partial charge >= 0.3 is 0 Å². The standard InChI is InChI=1S/C22H29N5O4/c1-16-11-19(24-31-16)23-20(28)15-27-14-18(6-7-21(27)29)22(30)26-10-4-5-17(13-26)12-25-8-2-3-9-25/h6-7,11,14,17H,2-5,8-10,12-13,15H2,1H3,(H,23,24,28). The normalized spacial score (nSPS) is 19.5. The molecule has 0 spiro atoms. The van der Waals surface area contributed by atoms with E-state index in [4.69, 9.17) is 4.52 Å². The van der Waals surface area contributed by atoms with Crippen LogP contribution in [-0.4, -0.2) is 64.1 Å². The second-order valence-electron chi connectivity index (χ2n) is 8.52. The van der Waals surface area contributed by atoms with Gasteiger partial charge < -0.3 is 24.2 Å².